The number of benzene rings is 1. The quantitative estimate of drug-likeness (QED) is 0.916. The lowest BCUT2D eigenvalue weighted by Crippen LogP contribution is -2.35. The van der Waals surface area contributed by atoms with Gasteiger partial charge in [-0.2, -0.15) is 0 Å². The molecule has 0 bridgehead atoms. The monoisotopic (exact) mass is 340 g/mol. The zero-order valence-electron chi connectivity index (χ0n) is 12.0. The molecule has 1 aliphatic rings. The summed E-state index contributed by atoms with van der Waals surface area (Å²) in [7, 11) is 0. The molecule has 1 atom stereocenters. The van der Waals surface area contributed by atoms with Gasteiger partial charge in [0.15, 0.2) is 0 Å². The van der Waals surface area contributed by atoms with Crippen LogP contribution in [0.4, 0.5) is 11.4 Å². The van der Waals surface area contributed by atoms with Gasteiger partial charge in [-0.05, 0) is 31.0 Å². The molecular formula is C15H21BrN2O2. The van der Waals surface area contributed by atoms with Crippen molar-refractivity contribution in [1.82, 2.24) is 0 Å². The van der Waals surface area contributed by atoms with Crippen LogP contribution in [-0.4, -0.2) is 37.3 Å². The SMILES string of the molecule is CCN1CCC(=O)N(C[C@H](C)CO)c2cc(Br)ccc21. The molecule has 0 aromatic heterocycles. The number of hydrogen-bond donors (Lipinski definition) is 1. The largest absolute Gasteiger partial charge is 0.396 e. The predicted molar refractivity (Wildman–Crippen MR) is 85.2 cm³/mol. The third-order valence-corrected chi connectivity index (χ3v) is 4.15. The number of carbonyl (C=O) groups is 1. The lowest BCUT2D eigenvalue weighted by Gasteiger charge is -2.27. The van der Waals surface area contributed by atoms with E-state index in [9.17, 15) is 9.90 Å². The Morgan fingerprint density at radius 2 is 2.15 bits per heavy atom. The molecule has 1 N–H and O–H groups in total. The number of amides is 1. The Balaban J connectivity index is 2.44. The van der Waals surface area contributed by atoms with Crippen LogP contribution in [0, 0.1) is 5.92 Å². The topological polar surface area (TPSA) is 43.8 Å². The van der Waals surface area contributed by atoms with Gasteiger partial charge in [0.25, 0.3) is 0 Å². The highest BCUT2D eigenvalue weighted by Crippen LogP contribution is 2.35. The van der Waals surface area contributed by atoms with Crippen molar-refractivity contribution in [3.05, 3.63) is 22.7 Å². The lowest BCUT2D eigenvalue weighted by molar-refractivity contribution is -0.118. The molecule has 4 nitrogen and oxygen atoms in total. The second-order valence-corrected chi connectivity index (χ2v) is 6.17. The molecule has 0 saturated carbocycles. The van der Waals surface area contributed by atoms with Gasteiger partial charge in [-0.1, -0.05) is 22.9 Å². The Kier molecular flexibility index (Phi) is 5.05. The van der Waals surface area contributed by atoms with E-state index in [0.717, 1.165) is 28.9 Å². The van der Waals surface area contributed by atoms with Crippen molar-refractivity contribution in [2.45, 2.75) is 20.3 Å². The number of aliphatic hydroxyl groups is 1. The minimum atomic E-state index is 0.0685. The van der Waals surface area contributed by atoms with Gasteiger partial charge in [0, 0.05) is 37.1 Å². The Morgan fingerprint density at radius 1 is 1.40 bits per heavy atom. The normalized spacial score (nSPS) is 16.9. The molecule has 1 aliphatic heterocycles. The number of carbonyl (C=O) groups excluding carboxylic acids is 1. The molecule has 0 radical (unpaired) electrons. The van der Waals surface area contributed by atoms with Crippen LogP contribution in [0.1, 0.15) is 20.3 Å². The van der Waals surface area contributed by atoms with Crippen LogP contribution < -0.4 is 9.80 Å². The van der Waals surface area contributed by atoms with E-state index in [1.165, 1.54) is 0 Å². The van der Waals surface area contributed by atoms with Crippen LogP contribution in [0.25, 0.3) is 0 Å². The van der Waals surface area contributed by atoms with Crippen LogP contribution in [0.3, 0.4) is 0 Å². The van der Waals surface area contributed by atoms with Gasteiger partial charge in [0.05, 0.1) is 11.4 Å². The summed E-state index contributed by atoms with van der Waals surface area (Å²) in [6.45, 7) is 6.32. The molecule has 2 rings (SSSR count). The Bertz CT molecular complexity index is 493. The summed E-state index contributed by atoms with van der Waals surface area (Å²) in [4.78, 5) is 16.4. The number of nitrogens with zero attached hydrogens (tertiary/aromatic N) is 2. The average molecular weight is 341 g/mol. The van der Waals surface area contributed by atoms with Crippen molar-refractivity contribution in [2.75, 3.05) is 36.0 Å². The van der Waals surface area contributed by atoms with Gasteiger partial charge in [0.1, 0.15) is 0 Å². The zero-order valence-corrected chi connectivity index (χ0v) is 13.6. The molecule has 1 aromatic carbocycles. The van der Waals surface area contributed by atoms with Crippen LogP contribution in [-0.2, 0) is 4.79 Å². The van der Waals surface area contributed by atoms with Crippen molar-refractivity contribution in [3.8, 4) is 0 Å². The van der Waals surface area contributed by atoms with Crippen molar-refractivity contribution < 1.29 is 9.90 Å². The summed E-state index contributed by atoms with van der Waals surface area (Å²) in [6, 6.07) is 6.05. The fourth-order valence-corrected chi connectivity index (χ4v) is 2.85. The van der Waals surface area contributed by atoms with Crippen molar-refractivity contribution in [3.63, 3.8) is 0 Å². The summed E-state index contributed by atoms with van der Waals surface area (Å²) >= 11 is 3.48. The van der Waals surface area contributed by atoms with E-state index in [1.807, 2.05) is 24.0 Å². The van der Waals surface area contributed by atoms with Crippen molar-refractivity contribution >= 4 is 33.2 Å². The highest BCUT2D eigenvalue weighted by Gasteiger charge is 2.26. The molecule has 1 aromatic rings. The summed E-state index contributed by atoms with van der Waals surface area (Å²) in [6.07, 6.45) is 0.512. The number of hydrogen-bond acceptors (Lipinski definition) is 3. The molecule has 0 saturated heterocycles. The molecule has 20 heavy (non-hydrogen) atoms. The molecule has 0 spiro atoms. The van der Waals surface area contributed by atoms with Crippen LogP contribution in [0.15, 0.2) is 22.7 Å². The van der Waals surface area contributed by atoms with E-state index in [4.69, 9.17) is 0 Å². The number of halogens is 1. The second-order valence-electron chi connectivity index (χ2n) is 5.25. The van der Waals surface area contributed by atoms with Gasteiger partial charge < -0.3 is 14.9 Å². The molecule has 0 fully saturated rings. The smallest absolute Gasteiger partial charge is 0.228 e. The fourth-order valence-electron chi connectivity index (χ4n) is 2.50. The number of aliphatic hydroxyl groups excluding tert-OH is 1. The summed E-state index contributed by atoms with van der Waals surface area (Å²) in [5.41, 5.74) is 2.02. The Hall–Kier alpha value is -1.07. The van der Waals surface area contributed by atoms with Gasteiger partial charge in [-0.25, -0.2) is 0 Å². The number of rotatable bonds is 4. The van der Waals surface area contributed by atoms with Crippen molar-refractivity contribution in [1.29, 1.82) is 0 Å². The van der Waals surface area contributed by atoms with E-state index < -0.39 is 0 Å². The first kappa shape index (κ1) is 15.3. The minimum absolute atomic E-state index is 0.0685. The second kappa shape index (κ2) is 6.59. The molecular weight excluding hydrogens is 320 g/mol. The maximum atomic E-state index is 12.4. The molecule has 5 heteroatoms. The van der Waals surface area contributed by atoms with Gasteiger partial charge in [0.2, 0.25) is 5.91 Å². The van der Waals surface area contributed by atoms with E-state index in [1.54, 1.807) is 0 Å². The van der Waals surface area contributed by atoms with Crippen molar-refractivity contribution in [2.24, 2.45) is 5.92 Å². The number of anilines is 2. The van der Waals surface area contributed by atoms with E-state index >= 15 is 0 Å². The summed E-state index contributed by atoms with van der Waals surface area (Å²) < 4.78 is 0.962. The van der Waals surface area contributed by atoms with E-state index in [-0.39, 0.29) is 18.4 Å². The van der Waals surface area contributed by atoms with Gasteiger partial charge >= 0.3 is 0 Å². The molecule has 110 valence electrons. The Morgan fingerprint density at radius 3 is 2.80 bits per heavy atom. The zero-order chi connectivity index (χ0) is 14.7. The molecule has 0 aliphatic carbocycles. The maximum Gasteiger partial charge on any atom is 0.228 e. The van der Waals surface area contributed by atoms with E-state index in [2.05, 4.69) is 33.8 Å². The number of fused-ring (bicyclic) bond motifs is 1. The van der Waals surface area contributed by atoms with E-state index in [0.29, 0.717) is 13.0 Å². The fraction of sp³-hybridized carbons (Fsp3) is 0.533. The summed E-state index contributed by atoms with van der Waals surface area (Å²) in [5.74, 6) is 0.194. The minimum Gasteiger partial charge on any atom is -0.396 e. The highest BCUT2D eigenvalue weighted by atomic mass is 79.9. The average Bonchev–Trinajstić information content (AvgIpc) is 2.57. The third-order valence-electron chi connectivity index (χ3n) is 3.65. The lowest BCUT2D eigenvalue weighted by atomic mass is 10.1. The first-order valence-electron chi connectivity index (χ1n) is 7.02. The molecule has 1 heterocycles. The first-order valence-corrected chi connectivity index (χ1v) is 7.81. The van der Waals surface area contributed by atoms with Crippen LogP contribution in [0.5, 0.6) is 0 Å². The van der Waals surface area contributed by atoms with Crippen LogP contribution >= 0.6 is 15.9 Å². The highest BCUT2D eigenvalue weighted by molar-refractivity contribution is 9.10. The predicted octanol–water partition coefficient (Wildman–Crippen LogP) is 2.64. The standard InChI is InChI=1S/C15H21BrN2O2/c1-3-17-7-6-15(20)18(9-11(2)10-19)14-8-12(16)4-5-13(14)17/h4-5,8,11,19H,3,6-7,9-10H2,1-2H3/t11-/m0/s1. The molecule has 0 unspecified atom stereocenters. The van der Waals surface area contributed by atoms with Gasteiger partial charge in [-0.15, -0.1) is 0 Å². The van der Waals surface area contributed by atoms with Gasteiger partial charge in [-0.3, -0.25) is 4.79 Å². The molecule has 1 amide bonds. The van der Waals surface area contributed by atoms with Crippen LogP contribution in [0.2, 0.25) is 0 Å². The maximum absolute atomic E-state index is 12.4. The Labute approximate surface area is 128 Å². The first-order chi connectivity index (χ1) is 9.56. The third kappa shape index (κ3) is 3.15. The summed E-state index contributed by atoms with van der Waals surface area (Å²) in [5, 5.41) is 9.27.